The van der Waals surface area contributed by atoms with Crippen LogP contribution in [0.2, 0.25) is 0 Å². The van der Waals surface area contributed by atoms with Crippen molar-refractivity contribution >= 4 is 28.4 Å². The third-order valence-corrected chi connectivity index (χ3v) is 6.38. The van der Waals surface area contributed by atoms with E-state index in [9.17, 15) is 9.59 Å². The molecule has 2 aromatic rings. The van der Waals surface area contributed by atoms with Crippen LogP contribution in [-0.2, 0) is 9.59 Å². The highest BCUT2D eigenvalue weighted by molar-refractivity contribution is 5.89. The van der Waals surface area contributed by atoms with Crippen LogP contribution >= 0.6 is 0 Å². The van der Waals surface area contributed by atoms with E-state index in [0.717, 1.165) is 36.3 Å². The molecule has 0 spiro atoms. The molecule has 2 aliphatic heterocycles. The third-order valence-electron chi connectivity index (χ3n) is 6.38. The minimum atomic E-state index is -0.196. The predicted octanol–water partition coefficient (Wildman–Crippen LogP) is 1.55. The summed E-state index contributed by atoms with van der Waals surface area (Å²) in [5.74, 6) is 1.29. The summed E-state index contributed by atoms with van der Waals surface area (Å²) in [4.78, 5) is 39.1. The maximum absolute atomic E-state index is 12.8. The number of hydrogen-bond acceptors (Lipinski definition) is 6. The normalized spacial score (nSPS) is 22.1. The van der Waals surface area contributed by atoms with Gasteiger partial charge in [0.05, 0.1) is 23.4 Å². The Bertz CT molecular complexity index is 968. The number of rotatable bonds is 5. The molecule has 8 nitrogen and oxygen atoms in total. The second-order valence-electron chi connectivity index (χ2n) is 8.62. The van der Waals surface area contributed by atoms with Crippen LogP contribution in [0.1, 0.15) is 19.3 Å². The summed E-state index contributed by atoms with van der Waals surface area (Å²) in [6, 6.07) is 6.18. The Morgan fingerprint density at radius 1 is 1.17 bits per heavy atom. The highest BCUT2D eigenvalue weighted by atomic mass is 16.5. The van der Waals surface area contributed by atoms with Crippen LogP contribution in [0, 0.1) is 11.8 Å². The standard InChI is InChI=1S/C22H27N5O3/c1-25-12-16(10-20(25)28)22(29)27-8-6-26(7-9-27)17-4-5-19-18(11-17)21(24-14-23-19)30-13-15-2-3-15/h4-5,11,14-16H,2-3,6-10,12-13H2,1H3. The van der Waals surface area contributed by atoms with Crippen molar-refractivity contribution in [3.05, 3.63) is 24.5 Å². The maximum Gasteiger partial charge on any atom is 0.228 e. The van der Waals surface area contributed by atoms with Crippen LogP contribution in [0.15, 0.2) is 24.5 Å². The first-order valence-corrected chi connectivity index (χ1v) is 10.7. The largest absolute Gasteiger partial charge is 0.477 e. The summed E-state index contributed by atoms with van der Waals surface area (Å²) in [6.45, 7) is 4.12. The Kier molecular flexibility index (Phi) is 4.92. The quantitative estimate of drug-likeness (QED) is 0.746. The highest BCUT2D eigenvalue weighted by Gasteiger charge is 2.35. The van der Waals surface area contributed by atoms with Gasteiger partial charge >= 0.3 is 0 Å². The van der Waals surface area contributed by atoms with E-state index in [0.29, 0.717) is 37.9 Å². The summed E-state index contributed by atoms with van der Waals surface area (Å²) in [6.07, 6.45) is 4.37. The molecule has 8 heteroatoms. The smallest absolute Gasteiger partial charge is 0.228 e. The first-order chi connectivity index (χ1) is 14.6. The monoisotopic (exact) mass is 409 g/mol. The Balaban J connectivity index is 1.26. The van der Waals surface area contributed by atoms with Crippen molar-refractivity contribution in [3.63, 3.8) is 0 Å². The molecule has 1 unspecified atom stereocenters. The zero-order valence-corrected chi connectivity index (χ0v) is 17.3. The molecule has 3 aliphatic rings. The van der Waals surface area contributed by atoms with Crippen molar-refractivity contribution in [2.24, 2.45) is 11.8 Å². The summed E-state index contributed by atoms with van der Waals surface area (Å²) < 4.78 is 5.95. The van der Waals surface area contributed by atoms with Gasteiger partial charge in [0, 0.05) is 51.9 Å². The van der Waals surface area contributed by atoms with Crippen LogP contribution in [-0.4, -0.2) is 78.0 Å². The minimum absolute atomic E-state index is 0.0603. The Hall–Kier alpha value is -2.90. The lowest BCUT2D eigenvalue weighted by Gasteiger charge is -2.37. The molecule has 5 rings (SSSR count). The SMILES string of the molecule is CN1CC(C(=O)N2CCN(c3ccc4ncnc(OCC5CC5)c4c3)CC2)CC1=O. The Labute approximate surface area is 175 Å². The molecule has 1 saturated carbocycles. The van der Waals surface area contributed by atoms with E-state index < -0.39 is 0 Å². The zero-order chi connectivity index (χ0) is 20.7. The van der Waals surface area contributed by atoms with Crippen LogP contribution < -0.4 is 9.64 Å². The van der Waals surface area contributed by atoms with Gasteiger partial charge in [-0.2, -0.15) is 0 Å². The fourth-order valence-corrected chi connectivity index (χ4v) is 4.29. The van der Waals surface area contributed by atoms with Crippen molar-refractivity contribution in [1.29, 1.82) is 0 Å². The fraction of sp³-hybridized carbons (Fsp3) is 0.545. The summed E-state index contributed by atoms with van der Waals surface area (Å²) in [7, 11) is 1.76. The summed E-state index contributed by atoms with van der Waals surface area (Å²) in [5, 5.41) is 0.932. The maximum atomic E-state index is 12.8. The lowest BCUT2D eigenvalue weighted by Crippen LogP contribution is -2.50. The number of ether oxygens (including phenoxy) is 1. The Morgan fingerprint density at radius 3 is 2.67 bits per heavy atom. The number of amides is 2. The number of aromatic nitrogens is 2. The molecular formula is C22H27N5O3. The molecule has 0 radical (unpaired) electrons. The van der Waals surface area contributed by atoms with Crippen molar-refractivity contribution < 1.29 is 14.3 Å². The number of carbonyl (C=O) groups excluding carboxylic acids is 2. The van der Waals surface area contributed by atoms with Gasteiger partial charge in [0.25, 0.3) is 0 Å². The van der Waals surface area contributed by atoms with E-state index in [2.05, 4.69) is 27.0 Å². The van der Waals surface area contributed by atoms with Crippen LogP contribution in [0.4, 0.5) is 5.69 Å². The lowest BCUT2D eigenvalue weighted by molar-refractivity contribution is -0.136. The van der Waals surface area contributed by atoms with Crippen molar-refractivity contribution in [1.82, 2.24) is 19.8 Å². The fourth-order valence-electron chi connectivity index (χ4n) is 4.29. The van der Waals surface area contributed by atoms with Gasteiger partial charge in [0.2, 0.25) is 17.7 Å². The molecule has 1 atom stereocenters. The number of piperazine rings is 1. The van der Waals surface area contributed by atoms with Crippen LogP contribution in [0.5, 0.6) is 5.88 Å². The average Bonchev–Trinajstić information content (AvgIpc) is 3.55. The van der Waals surface area contributed by atoms with E-state index in [1.165, 1.54) is 12.8 Å². The number of anilines is 1. The molecular weight excluding hydrogens is 382 g/mol. The molecule has 1 aromatic heterocycles. The van der Waals surface area contributed by atoms with Crippen molar-refractivity contribution in [2.45, 2.75) is 19.3 Å². The number of likely N-dealkylation sites (tertiary alicyclic amines) is 1. The Morgan fingerprint density at radius 2 is 1.97 bits per heavy atom. The second kappa shape index (κ2) is 7.74. The molecule has 0 N–H and O–H groups in total. The highest BCUT2D eigenvalue weighted by Crippen LogP contribution is 2.32. The van der Waals surface area contributed by atoms with Gasteiger partial charge in [-0.25, -0.2) is 9.97 Å². The number of nitrogens with zero attached hydrogens (tertiary/aromatic N) is 5. The predicted molar refractivity (Wildman–Crippen MR) is 112 cm³/mol. The van der Waals surface area contributed by atoms with E-state index >= 15 is 0 Å². The van der Waals surface area contributed by atoms with Gasteiger partial charge in [-0.3, -0.25) is 9.59 Å². The minimum Gasteiger partial charge on any atom is -0.477 e. The van der Waals surface area contributed by atoms with Crippen LogP contribution in [0.25, 0.3) is 10.9 Å². The van der Waals surface area contributed by atoms with Gasteiger partial charge in [0.1, 0.15) is 6.33 Å². The number of hydrogen-bond donors (Lipinski definition) is 0. The molecule has 30 heavy (non-hydrogen) atoms. The van der Waals surface area contributed by atoms with Gasteiger partial charge in [-0.05, 0) is 37.0 Å². The number of fused-ring (bicyclic) bond motifs is 1. The molecule has 158 valence electrons. The first-order valence-electron chi connectivity index (χ1n) is 10.7. The van der Waals surface area contributed by atoms with Crippen molar-refractivity contribution in [3.8, 4) is 5.88 Å². The van der Waals surface area contributed by atoms with Crippen LogP contribution in [0.3, 0.4) is 0 Å². The summed E-state index contributed by atoms with van der Waals surface area (Å²) >= 11 is 0. The van der Waals surface area contributed by atoms with E-state index in [4.69, 9.17) is 4.74 Å². The molecule has 2 saturated heterocycles. The van der Waals surface area contributed by atoms with E-state index in [1.54, 1.807) is 18.3 Å². The molecule has 3 heterocycles. The molecule has 0 bridgehead atoms. The summed E-state index contributed by atoms with van der Waals surface area (Å²) in [5.41, 5.74) is 1.97. The van der Waals surface area contributed by atoms with Crippen molar-refractivity contribution in [2.75, 3.05) is 51.3 Å². The molecule has 1 aromatic carbocycles. The zero-order valence-electron chi connectivity index (χ0n) is 17.3. The third kappa shape index (κ3) is 3.78. The van der Waals surface area contributed by atoms with Gasteiger partial charge in [-0.15, -0.1) is 0 Å². The average molecular weight is 409 g/mol. The van der Waals surface area contributed by atoms with Gasteiger partial charge < -0.3 is 19.4 Å². The molecule has 1 aliphatic carbocycles. The molecule has 2 amide bonds. The number of carbonyl (C=O) groups is 2. The second-order valence-corrected chi connectivity index (χ2v) is 8.62. The topological polar surface area (TPSA) is 78.9 Å². The van der Waals surface area contributed by atoms with Gasteiger partial charge in [0.15, 0.2) is 0 Å². The molecule has 3 fully saturated rings. The van der Waals surface area contributed by atoms with Gasteiger partial charge in [-0.1, -0.05) is 0 Å². The van der Waals surface area contributed by atoms with E-state index in [1.807, 2.05) is 11.0 Å². The number of benzene rings is 1. The first kappa shape index (κ1) is 19.1. The van der Waals surface area contributed by atoms with E-state index in [-0.39, 0.29) is 17.7 Å². The lowest BCUT2D eigenvalue weighted by atomic mass is 10.1.